The van der Waals surface area contributed by atoms with Gasteiger partial charge in [-0.25, -0.2) is 4.79 Å². The lowest BCUT2D eigenvalue weighted by atomic mass is 10.0. The molecule has 3 amide bonds. The van der Waals surface area contributed by atoms with E-state index in [1.54, 1.807) is 48.7 Å². The maximum Gasteiger partial charge on any atom is 0.326 e. The van der Waals surface area contributed by atoms with Crippen LogP contribution in [-0.2, 0) is 38.4 Å². The van der Waals surface area contributed by atoms with Crippen LogP contribution in [0.1, 0.15) is 16.7 Å². The number of benzene rings is 3. The average molecular weight is 602 g/mol. The van der Waals surface area contributed by atoms with Gasteiger partial charge < -0.3 is 42.0 Å². The second kappa shape index (κ2) is 14.8. The molecular weight excluding hydrogens is 566 g/mol. The van der Waals surface area contributed by atoms with Crippen molar-refractivity contribution in [3.63, 3.8) is 0 Å². The summed E-state index contributed by atoms with van der Waals surface area (Å²) in [6.07, 6.45) is 1.81. The van der Waals surface area contributed by atoms with E-state index in [9.17, 15) is 34.5 Å². The van der Waals surface area contributed by atoms with E-state index in [-0.39, 0.29) is 25.0 Å². The van der Waals surface area contributed by atoms with Crippen molar-refractivity contribution in [1.82, 2.24) is 20.9 Å². The number of carbonyl (C=O) groups excluding carboxylic acids is 3. The van der Waals surface area contributed by atoms with Gasteiger partial charge in [0.2, 0.25) is 17.7 Å². The predicted octanol–water partition coefficient (Wildman–Crippen LogP) is 0.760. The minimum atomic E-state index is -1.44. The molecule has 0 radical (unpaired) electrons. The molecule has 3 aromatic carbocycles. The normalized spacial score (nSPS) is 13.8. The van der Waals surface area contributed by atoms with Crippen LogP contribution in [0, 0.1) is 0 Å². The Morgan fingerprint density at radius 1 is 0.705 bits per heavy atom. The number of aromatic amines is 1. The molecule has 4 atom stereocenters. The number of fused-ring (bicyclic) bond motifs is 1. The quantitative estimate of drug-likeness (QED) is 0.103. The van der Waals surface area contributed by atoms with E-state index in [1.165, 1.54) is 12.1 Å². The molecule has 0 fully saturated rings. The Bertz CT molecular complexity index is 1590. The molecule has 12 heteroatoms. The Hall–Kier alpha value is -5.20. The van der Waals surface area contributed by atoms with E-state index in [2.05, 4.69) is 20.9 Å². The van der Waals surface area contributed by atoms with E-state index < -0.39 is 54.5 Å². The highest BCUT2D eigenvalue weighted by molar-refractivity contribution is 5.95. The fourth-order valence-electron chi connectivity index (χ4n) is 4.78. The number of rotatable bonds is 14. The molecule has 0 saturated carbocycles. The van der Waals surface area contributed by atoms with Crippen molar-refractivity contribution in [2.75, 3.05) is 6.61 Å². The van der Waals surface area contributed by atoms with Crippen LogP contribution in [-0.4, -0.2) is 74.8 Å². The lowest BCUT2D eigenvalue weighted by Gasteiger charge is -2.24. The maximum atomic E-state index is 13.5. The van der Waals surface area contributed by atoms with Gasteiger partial charge in [0, 0.05) is 29.9 Å². The van der Waals surface area contributed by atoms with Crippen LogP contribution in [0.3, 0.4) is 0 Å². The van der Waals surface area contributed by atoms with Crippen LogP contribution < -0.4 is 21.7 Å². The number of nitrogens with one attached hydrogen (secondary N) is 4. The monoisotopic (exact) mass is 601 g/mol. The molecule has 4 rings (SSSR count). The zero-order valence-corrected chi connectivity index (χ0v) is 23.8. The van der Waals surface area contributed by atoms with Crippen molar-refractivity contribution in [1.29, 1.82) is 0 Å². The summed E-state index contributed by atoms with van der Waals surface area (Å²) in [4.78, 5) is 54.8. The topological polar surface area (TPSA) is 207 Å². The maximum absolute atomic E-state index is 13.5. The van der Waals surface area contributed by atoms with Gasteiger partial charge in [-0.05, 0) is 41.3 Å². The van der Waals surface area contributed by atoms with Gasteiger partial charge in [-0.3, -0.25) is 14.4 Å². The molecule has 0 saturated heterocycles. The molecule has 1 aromatic heterocycles. The lowest BCUT2D eigenvalue weighted by Crippen LogP contribution is -2.58. The molecule has 0 aliphatic rings. The zero-order chi connectivity index (χ0) is 31.6. The van der Waals surface area contributed by atoms with Gasteiger partial charge >= 0.3 is 5.97 Å². The van der Waals surface area contributed by atoms with Crippen LogP contribution in [0.4, 0.5) is 0 Å². The number of aliphatic hydroxyl groups is 1. The Labute approximate surface area is 253 Å². The van der Waals surface area contributed by atoms with Crippen molar-refractivity contribution in [3.8, 4) is 5.75 Å². The second-order valence-electron chi connectivity index (χ2n) is 10.4. The minimum absolute atomic E-state index is 0.00821. The number of carboxylic acids is 1. The SMILES string of the molecule is NC(Cc1ccc(O)cc1)C(=O)NC(CO)C(=O)NC(Cc1c[nH]c2ccccc12)C(=O)NC(Cc1ccccc1)C(=O)O. The highest BCUT2D eigenvalue weighted by Crippen LogP contribution is 2.19. The molecule has 4 unspecified atom stereocenters. The number of nitrogens with two attached hydrogens (primary N) is 1. The second-order valence-corrected chi connectivity index (χ2v) is 10.4. The van der Waals surface area contributed by atoms with E-state index in [0.29, 0.717) is 16.7 Å². The summed E-state index contributed by atoms with van der Waals surface area (Å²) in [7, 11) is 0. The number of hydrogen-bond donors (Lipinski definition) is 8. The van der Waals surface area contributed by atoms with Crippen molar-refractivity contribution in [2.24, 2.45) is 5.73 Å². The number of amides is 3. The van der Waals surface area contributed by atoms with Gasteiger partial charge in [-0.15, -0.1) is 0 Å². The van der Waals surface area contributed by atoms with E-state index in [1.807, 2.05) is 24.3 Å². The first-order chi connectivity index (χ1) is 21.1. The minimum Gasteiger partial charge on any atom is -0.508 e. The molecule has 12 nitrogen and oxygen atoms in total. The largest absolute Gasteiger partial charge is 0.508 e. The molecule has 44 heavy (non-hydrogen) atoms. The Kier molecular flexibility index (Phi) is 10.7. The Morgan fingerprint density at radius 3 is 1.98 bits per heavy atom. The molecule has 9 N–H and O–H groups in total. The highest BCUT2D eigenvalue weighted by atomic mass is 16.4. The molecular formula is C32H35N5O7. The van der Waals surface area contributed by atoms with Crippen molar-refractivity contribution >= 4 is 34.6 Å². The Morgan fingerprint density at radius 2 is 1.30 bits per heavy atom. The summed E-state index contributed by atoms with van der Waals surface area (Å²) >= 11 is 0. The van der Waals surface area contributed by atoms with Crippen LogP contribution in [0.5, 0.6) is 5.75 Å². The smallest absolute Gasteiger partial charge is 0.326 e. The van der Waals surface area contributed by atoms with E-state index in [0.717, 1.165) is 10.9 Å². The number of aromatic hydroxyl groups is 1. The first-order valence-electron chi connectivity index (χ1n) is 14.0. The van der Waals surface area contributed by atoms with Gasteiger partial charge in [-0.2, -0.15) is 0 Å². The fourth-order valence-corrected chi connectivity index (χ4v) is 4.78. The molecule has 0 spiro atoms. The number of para-hydroxylation sites is 1. The molecule has 0 aliphatic carbocycles. The predicted molar refractivity (Wildman–Crippen MR) is 162 cm³/mol. The number of phenols is 1. The first-order valence-corrected chi connectivity index (χ1v) is 14.0. The average Bonchev–Trinajstić information content (AvgIpc) is 3.43. The van der Waals surface area contributed by atoms with Crippen LogP contribution in [0.25, 0.3) is 10.9 Å². The van der Waals surface area contributed by atoms with Crippen molar-refractivity contribution in [2.45, 2.75) is 43.4 Å². The molecule has 1 heterocycles. The molecule has 0 aliphatic heterocycles. The summed E-state index contributed by atoms with van der Waals surface area (Å²) in [6, 6.07) is 17.3. The lowest BCUT2D eigenvalue weighted by molar-refractivity contribution is -0.142. The standard InChI is InChI=1S/C32H35N5O7/c33-24(14-20-10-12-22(39)13-11-20)29(40)37-28(18-38)31(42)35-26(16-21-17-34-25-9-5-4-8-23(21)25)30(41)36-27(32(43)44)15-19-6-2-1-3-7-19/h1-13,17,24,26-28,34,38-39H,14-16,18,33H2,(H,35,42)(H,36,41)(H,37,40)(H,43,44). The number of H-pyrrole nitrogens is 1. The molecule has 230 valence electrons. The molecule has 0 bridgehead atoms. The number of hydrogen-bond acceptors (Lipinski definition) is 7. The fraction of sp³-hybridized carbons (Fsp3) is 0.250. The number of carbonyl (C=O) groups is 4. The number of carboxylic acid groups (broad SMARTS) is 1. The van der Waals surface area contributed by atoms with E-state index >= 15 is 0 Å². The summed E-state index contributed by atoms with van der Waals surface area (Å²) in [6.45, 7) is -0.781. The summed E-state index contributed by atoms with van der Waals surface area (Å²) in [5.74, 6) is -3.50. The van der Waals surface area contributed by atoms with Crippen molar-refractivity contribution < 1.29 is 34.5 Å². The number of aliphatic hydroxyl groups excluding tert-OH is 1. The number of phenolic OH excluding ortho intramolecular Hbond substituents is 1. The van der Waals surface area contributed by atoms with Gasteiger partial charge in [0.25, 0.3) is 0 Å². The van der Waals surface area contributed by atoms with Gasteiger partial charge in [-0.1, -0.05) is 60.7 Å². The molecule has 4 aromatic rings. The van der Waals surface area contributed by atoms with Crippen LogP contribution >= 0.6 is 0 Å². The third kappa shape index (κ3) is 8.43. The van der Waals surface area contributed by atoms with Crippen LogP contribution in [0.2, 0.25) is 0 Å². The first kappa shape index (κ1) is 31.7. The number of aliphatic carboxylic acids is 1. The number of aromatic nitrogens is 1. The third-order valence-corrected chi connectivity index (χ3v) is 7.17. The van der Waals surface area contributed by atoms with Gasteiger partial charge in [0.05, 0.1) is 12.6 Å². The zero-order valence-electron chi connectivity index (χ0n) is 23.8. The van der Waals surface area contributed by atoms with E-state index in [4.69, 9.17) is 5.73 Å². The third-order valence-electron chi connectivity index (χ3n) is 7.17. The summed E-state index contributed by atoms with van der Waals surface area (Å²) in [5, 5.41) is 37.6. The highest BCUT2D eigenvalue weighted by Gasteiger charge is 2.31. The summed E-state index contributed by atoms with van der Waals surface area (Å²) in [5.41, 5.74) is 8.89. The Balaban J connectivity index is 1.49. The van der Waals surface area contributed by atoms with Crippen LogP contribution in [0.15, 0.2) is 85.1 Å². The summed E-state index contributed by atoms with van der Waals surface area (Å²) < 4.78 is 0. The van der Waals surface area contributed by atoms with Gasteiger partial charge in [0.15, 0.2) is 0 Å². The van der Waals surface area contributed by atoms with Crippen molar-refractivity contribution in [3.05, 3.63) is 102 Å². The van der Waals surface area contributed by atoms with Gasteiger partial charge in [0.1, 0.15) is 23.9 Å².